The van der Waals surface area contributed by atoms with E-state index < -0.39 is 35.4 Å². The summed E-state index contributed by atoms with van der Waals surface area (Å²) in [4.78, 5) is 30.5. The van der Waals surface area contributed by atoms with Gasteiger partial charge in [-0.1, -0.05) is 52.8 Å². The molecule has 0 saturated carbocycles. The highest BCUT2D eigenvalue weighted by molar-refractivity contribution is 7.89. The molecule has 0 aliphatic rings. The highest BCUT2D eigenvalue weighted by atomic mass is 32.2. The van der Waals surface area contributed by atoms with Crippen LogP contribution in [0, 0.1) is 5.41 Å². The van der Waals surface area contributed by atoms with Crippen molar-refractivity contribution in [3.05, 3.63) is 35.5 Å². The predicted molar refractivity (Wildman–Crippen MR) is 225 cm³/mol. The molecule has 55 heavy (non-hydrogen) atoms. The molecule has 0 atom stereocenters. The van der Waals surface area contributed by atoms with Crippen LogP contribution in [-0.4, -0.2) is 102 Å². The van der Waals surface area contributed by atoms with Gasteiger partial charge in [-0.25, -0.2) is 0 Å². The maximum atomic E-state index is 11.0. The van der Waals surface area contributed by atoms with E-state index >= 15 is 0 Å². The minimum absolute atomic E-state index is 0.0451. The number of carbonyl (C=O) groups excluding carboxylic acids is 3. The Labute approximate surface area is 335 Å². The van der Waals surface area contributed by atoms with Gasteiger partial charge in [0.2, 0.25) is 0 Å². The smallest absolute Gasteiger partial charge is 0.353 e. The normalized spacial score (nSPS) is 11.1. The van der Waals surface area contributed by atoms with Crippen LogP contribution in [0.4, 0.5) is 0 Å². The molecule has 0 N–H and O–H groups in total. The zero-order valence-corrected chi connectivity index (χ0v) is 40.7. The van der Waals surface area contributed by atoms with Gasteiger partial charge in [0.05, 0.1) is 25.4 Å². The van der Waals surface area contributed by atoms with Crippen molar-refractivity contribution < 1.29 is 71.5 Å². The topological polar surface area (TPSA) is 218 Å². The second kappa shape index (κ2) is 45.0. The van der Waals surface area contributed by atoms with Gasteiger partial charge in [0.15, 0.2) is 5.78 Å². The summed E-state index contributed by atoms with van der Waals surface area (Å²) in [6.45, 7) is 23.8. The Morgan fingerprint density at radius 1 is 0.673 bits per heavy atom. The van der Waals surface area contributed by atoms with Gasteiger partial charge < -0.3 is 27.6 Å². The Bertz CT molecular complexity index is 1280. The Hall–Kier alpha value is -1.69. The molecule has 0 aromatic heterocycles. The average molecular weight is 879 g/mol. The Balaban J connectivity index is -0.0000000773. The molecule has 0 spiro atoms. The monoisotopic (exact) mass is 878 g/mol. The molecule has 0 saturated heterocycles. The first-order chi connectivity index (χ1) is 25.1. The second-order valence-electron chi connectivity index (χ2n) is 10.4. The molecule has 0 aliphatic heterocycles. The minimum atomic E-state index is -3.35. The summed E-state index contributed by atoms with van der Waals surface area (Å²) in [6, 6.07) is 0. The fourth-order valence-corrected chi connectivity index (χ4v) is 3.64. The molecule has 0 unspecified atom stereocenters. The third kappa shape index (κ3) is 64.5. The summed E-state index contributed by atoms with van der Waals surface area (Å²) in [6.07, 6.45) is 8.32. The fraction of sp³-hybridized carbons (Fsp3) is 0.743. The van der Waals surface area contributed by atoms with Crippen LogP contribution in [0.3, 0.4) is 0 Å². The molecule has 334 valence electrons. The lowest BCUT2D eigenvalue weighted by Crippen LogP contribution is -2.19. The first-order valence-corrected chi connectivity index (χ1v) is 23.4. The van der Waals surface area contributed by atoms with E-state index in [9.17, 15) is 40.3 Å². The van der Waals surface area contributed by atoms with Gasteiger partial charge >= 0.3 is 15.2 Å². The first-order valence-electron chi connectivity index (χ1n) is 17.0. The predicted octanol–water partition coefficient (Wildman–Crippen LogP) is 8.78. The van der Waals surface area contributed by atoms with Crippen molar-refractivity contribution in [1.82, 2.24) is 0 Å². The Kier molecular flexibility index (Phi) is 58.2. The average Bonchev–Trinajstić information content (AvgIpc) is 3.16. The van der Waals surface area contributed by atoms with Crippen molar-refractivity contribution in [2.45, 2.75) is 103 Å². The van der Waals surface area contributed by atoms with Crippen LogP contribution >= 0.6 is 15.2 Å². The van der Waals surface area contributed by atoms with Crippen molar-refractivity contribution >= 4 is 52.8 Å². The molecule has 0 bridgehead atoms. The molecule has 0 radical (unpaired) electrons. The number of ether oxygens (including phenoxy) is 1. The lowest BCUT2D eigenvalue weighted by molar-refractivity contribution is -0.125. The number of carbonyl (C=O) groups is 3. The zero-order valence-electron chi connectivity index (χ0n) is 37.2. The van der Waals surface area contributed by atoms with Crippen molar-refractivity contribution in [3.8, 4) is 0 Å². The molecule has 20 heteroatoms. The zero-order chi connectivity index (χ0) is 46.0. The molecule has 0 aromatic rings. The summed E-state index contributed by atoms with van der Waals surface area (Å²) in [7, 11) is -2.61. The number of allylic oxidation sites excluding steroid dienone is 4. The number of rotatable bonds is 15. The largest absolute Gasteiger partial charge is 0.385 e. The van der Waals surface area contributed by atoms with Gasteiger partial charge in [0, 0.05) is 66.0 Å². The molecule has 16 nitrogen and oxygen atoms in total. The number of methoxy groups -OCH3 is 1. The van der Waals surface area contributed by atoms with E-state index in [2.05, 4.69) is 31.2 Å². The van der Waals surface area contributed by atoms with Crippen LogP contribution in [0.25, 0.3) is 0 Å². The van der Waals surface area contributed by atoms with Crippen LogP contribution in [0.2, 0.25) is 0 Å². The Morgan fingerprint density at radius 2 is 1.07 bits per heavy atom. The first kappa shape index (κ1) is 71.1. The van der Waals surface area contributed by atoms with Gasteiger partial charge in [-0.15, -0.1) is 0 Å². The standard InChI is InChI=1S/C7H14O.C5H11O3P.C5H8O.C4H11O3P.C4H8O3S.C4H8O.C3H8O3S.C3H8O/c1-5-7(3,4)6(2)8;1-4-5-9(6,7-2)8-3;1-3-4-5(2)6;1-4-8(5,6-2)7-3;1-3-4-8(5,6)7-2;1-3-4(2)5;1-3-7(4,5)6-2;1-3-4-2/h5H2,1-4H3;4-5H,1-3H3;3-4H,1-2H3;4H2,1-3H3;3-4H,1-2H3;3H2,1-2H3;3H2,1-2H3;3H2,1-2H3/b;5-4+;;;4-3+;;;. The molecular weight excluding hydrogens is 802 g/mol. The van der Waals surface area contributed by atoms with E-state index in [-0.39, 0.29) is 28.5 Å². The lowest BCUT2D eigenvalue weighted by atomic mass is 9.86. The van der Waals surface area contributed by atoms with Crippen molar-refractivity contribution in [2.24, 2.45) is 5.41 Å². The molecule has 0 heterocycles. The Morgan fingerprint density at radius 3 is 1.11 bits per heavy atom. The van der Waals surface area contributed by atoms with Crippen LogP contribution in [0.15, 0.2) is 35.5 Å². The van der Waals surface area contributed by atoms with Crippen LogP contribution in [0.5, 0.6) is 0 Å². The maximum absolute atomic E-state index is 11.0. The van der Waals surface area contributed by atoms with E-state index in [0.717, 1.165) is 32.7 Å². The third-order valence-electron chi connectivity index (χ3n) is 5.95. The summed E-state index contributed by atoms with van der Waals surface area (Å²) in [5, 5.41) is 0.993. The minimum Gasteiger partial charge on any atom is -0.385 e. The number of hydrogen-bond donors (Lipinski definition) is 0. The maximum Gasteiger partial charge on any atom is 0.353 e. The van der Waals surface area contributed by atoms with E-state index in [0.29, 0.717) is 12.6 Å². The van der Waals surface area contributed by atoms with Crippen LogP contribution in [0.1, 0.15) is 103 Å². The van der Waals surface area contributed by atoms with Crippen LogP contribution < -0.4 is 0 Å². The van der Waals surface area contributed by atoms with Gasteiger partial charge in [-0.05, 0) is 67.9 Å². The highest BCUT2D eigenvalue weighted by Crippen LogP contribution is 2.47. The van der Waals surface area contributed by atoms with E-state index in [1.165, 1.54) is 60.3 Å². The van der Waals surface area contributed by atoms with Gasteiger partial charge in [-0.2, -0.15) is 16.8 Å². The highest BCUT2D eigenvalue weighted by Gasteiger charge is 2.20. The SMILES string of the molecule is C/C=C/P(=O)(OC)OC.C/C=C/S(=O)(=O)OC.CC=CC(C)=O.CCC(C)(C)C(C)=O.CCC(C)=O.CCOC.CCP(=O)(OC)OC.CCS(=O)(=O)OC. The second-order valence-corrected chi connectivity index (χ2v) is 18.7. The van der Waals surface area contributed by atoms with Crippen molar-refractivity contribution in [1.29, 1.82) is 0 Å². The van der Waals surface area contributed by atoms with Crippen molar-refractivity contribution in [2.75, 3.05) is 68.3 Å². The fourth-order valence-electron chi connectivity index (χ4n) is 1.54. The lowest BCUT2D eigenvalue weighted by Gasteiger charge is -2.17. The summed E-state index contributed by atoms with van der Waals surface area (Å²) in [5.41, 5.74) is -0.0972. The van der Waals surface area contributed by atoms with Gasteiger partial charge in [-0.3, -0.25) is 27.1 Å². The van der Waals surface area contributed by atoms with Crippen molar-refractivity contribution in [3.63, 3.8) is 0 Å². The van der Waals surface area contributed by atoms with E-state index in [1.54, 1.807) is 53.9 Å². The molecule has 0 amide bonds. The molecular formula is C35H76O16P2S2. The molecule has 0 aliphatic carbocycles. The van der Waals surface area contributed by atoms with Gasteiger partial charge in [0.25, 0.3) is 20.2 Å². The molecule has 0 fully saturated rings. The summed E-state index contributed by atoms with van der Waals surface area (Å²) >= 11 is 0. The third-order valence-corrected chi connectivity index (χ3v) is 11.8. The summed E-state index contributed by atoms with van der Waals surface area (Å²) < 4.78 is 93.7. The van der Waals surface area contributed by atoms with Crippen LogP contribution in [-0.2, 0) is 74.9 Å². The number of hydrogen-bond acceptors (Lipinski definition) is 16. The number of ketones is 3. The van der Waals surface area contributed by atoms with E-state index in [4.69, 9.17) is 0 Å². The molecule has 0 aromatic carbocycles. The molecule has 0 rings (SSSR count). The van der Waals surface area contributed by atoms with E-state index in [1.807, 2.05) is 41.5 Å². The van der Waals surface area contributed by atoms with Gasteiger partial charge in [0.1, 0.15) is 11.6 Å². The summed E-state index contributed by atoms with van der Waals surface area (Å²) in [5.74, 6) is 2.10. The quantitative estimate of drug-likeness (QED) is 0.0852. The number of Topliss-reactive ketones (excluding diaryl/α,β-unsaturated/α-hetero) is 2.